The molecule has 20 heavy (non-hydrogen) atoms. The molecule has 0 spiro atoms. The van der Waals surface area contributed by atoms with E-state index in [1.54, 1.807) is 26.1 Å². The Morgan fingerprint density at radius 2 is 2.00 bits per heavy atom. The average molecular weight is 277 g/mol. The molecule has 1 aliphatic rings. The van der Waals surface area contributed by atoms with E-state index in [0.29, 0.717) is 5.69 Å². The second-order valence-corrected chi connectivity index (χ2v) is 4.98. The number of piperidine rings is 1. The number of nitrogens with one attached hydrogen (secondary N) is 1. The number of nitrogens with zero attached hydrogens (tertiary/aromatic N) is 2. The lowest BCUT2D eigenvalue weighted by Gasteiger charge is -2.32. The Hall–Kier alpha value is -2.11. The summed E-state index contributed by atoms with van der Waals surface area (Å²) in [6, 6.07) is 3.32. The second-order valence-electron chi connectivity index (χ2n) is 4.98. The first kappa shape index (κ1) is 14.3. The third-order valence-electron chi connectivity index (χ3n) is 3.74. The number of carbonyl (C=O) groups is 2. The molecular weight excluding hydrogens is 258 g/mol. The molecule has 0 aliphatic carbocycles. The number of aromatic nitrogens is 1. The van der Waals surface area contributed by atoms with Gasteiger partial charge in [0.2, 0.25) is 5.91 Å². The zero-order valence-electron chi connectivity index (χ0n) is 11.7. The van der Waals surface area contributed by atoms with Crippen LogP contribution in [0.25, 0.3) is 0 Å². The molecule has 0 saturated carbocycles. The molecule has 1 amide bonds. The maximum absolute atomic E-state index is 11.6. The van der Waals surface area contributed by atoms with Gasteiger partial charge in [0, 0.05) is 26.1 Å². The van der Waals surface area contributed by atoms with Gasteiger partial charge in [-0.1, -0.05) is 0 Å². The van der Waals surface area contributed by atoms with Crippen LogP contribution in [0.5, 0.6) is 0 Å². The van der Waals surface area contributed by atoms with E-state index in [1.165, 1.54) is 0 Å². The third kappa shape index (κ3) is 2.89. The average Bonchev–Trinajstić information content (AvgIpc) is 2.46. The van der Waals surface area contributed by atoms with Crippen molar-refractivity contribution in [3.8, 4) is 0 Å². The molecule has 6 nitrogen and oxygen atoms in total. The lowest BCUT2D eigenvalue weighted by atomic mass is 9.96. The number of amides is 1. The summed E-state index contributed by atoms with van der Waals surface area (Å²) in [5, 5.41) is 11.7. The van der Waals surface area contributed by atoms with Crippen LogP contribution >= 0.6 is 0 Å². The van der Waals surface area contributed by atoms with Gasteiger partial charge in [-0.3, -0.25) is 4.79 Å². The zero-order valence-corrected chi connectivity index (χ0v) is 11.7. The van der Waals surface area contributed by atoms with E-state index in [-0.39, 0.29) is 17.4 Å². The largest absolute Gasteiger partial charge is 0.478 e. The maximum atomic E-state index is 11.6. The van der Waals surface area contributed by atoms with Crippen molar-refractivity contribution in [2.75, 3.05) is 25.0 Å². The molecule has 6 heteroatoms. The minimum absolute atomic E-state index is 0.0654. The quantitative estimate of drug-likeness (QED) is 0.863. The lowest BCUT2D eigenvalue weighted by Crippen LogP contribution is -2.40. The molecule has 2 rings (SSSR count). The Morgan fingerprint density at radius 3 is 2.50 bits per heavy atom. The first-order chi connectivity index (χ1) is 9.52. The number of anilines is 1. The molecule has 1 fully saturated rings. The SMILES string of the molecule is CNC(=O)C1CCN(c2ccc(C(=O)O)c(C)n2)CC1. The highest BCUT2D eigenvalue weighted by Gasteiger charge is 2.25. The number of carboxylic acids is 1. The van der Waals surface area contributed by atoms with E-state index >= 15 is 0 Å². The van der Waals surface area contributed by atoms with Crippen molar-refractivity contribution < 1.29 is 14.7 Å². The van der Waals surface area contributed by atoms with Crippen LogP contribution in [0.2, 0.25) is 0 Å². The van der Waals surface area contributed by atoms with E-state index < -0.39 is 5.97 Å². The summed E-state index contributed by atoms with van der Waals surface area (Å²) < 4.78 is 0. The molecule has 1 aromatic heterocycles. The fourth-order valence-corrected chi connectivity index (χ4v) is 2.52. The van der Waals surface area contributed by atoms with Gasteiger partial charge >= 0.3 is 5.97 Å². The fourth-order valence-electron chi connectivity index (χ4n) is 2.52. The summed E-state index contributed by atoms with van der Waals surface area (Å²) in [5.74, 6) is -0.0200. The minimum atomic E-state index is -0.958. The van der Waals surface area contributed by atoms with Crippen LogP contribution < -0.4 is 10.2 Å². The van der Waals surface area contributed by atoms with Gasteiger partial charge in [0.1, 0.15) is 5.82 Å². The van der Waals surface area contributed by atoms with E-state index in [0.717, 1.165) is 31.7 Å². The van der Waals surface area contributed by atoms with Gasteiger partial charge in [-0.15, -0.1) is 0 Å². The van der Waals surface area contributed by atoms with Crippen molar-refractivity contribution in [1.29, 1.82) is 0 Å². The molecule has 0 radical (unpaired) electrons. The number of carbonyl (C=O) groups excluding carboxylic acids is 1. The van der Waals surface area contributed by atoms with E-state index in [2.05, 4.69) is 15.2 Å². The number of hydrogen-bond acceptors (Lipinski definition) is 4. The van der Waals surface area contributed by atoms with Crippen molar-refractivity contribution in [2.24, 2.45) is 5.92 Å². The van der Waals surface area contributed by atoms with Gasteiger partial charge in [-0.2, -0.15) is 0 Å². The van der Waals surface area contributed by atoms with E-state index in [9.17, 15) is 9.59 Å². The minimum Gasteiger partial charge on any atom is -0.478 e. The number of aromatic carboxylic acids is 1. The summed E-state index contributed by atoms with van der Waals surface area (Å²) in [5.41, 5.74) is 0.748. The Bertz CT molecular complexity index is 522. The van der Waals surface area contributed by atoms with Crippen LogP contribution in [0.3, 0.4) is 0 Å². The van der Waals surface area contributed by atoms with Crippen LogP contribution in [-0.4, -0.2) is 42.1 Å². The number of rotatable bonds is 3. The molecule has 1 aromatic rings. The molecule has 2 heterocycles. The molecule has 1 aliphatic heterocycles. The number of hydrogen-bond donors (Lipinski definition) is 2. The highest BCUT2D eigenvalue weighted by atomic mass is 16.4. The van der Waals surface area contributed by atoms with Crippen molar-refractivity contribution in [3.63, 3.8) is 0 Å². The lowest BCUT2D eigenvalue weighted by molar-refractivity contribution is -0.125. The van der Waals surface area contributed by atoms with Crippen LogP contribution in [0.4, 0.5) is 5.82 Å². The van der Waals surface area contributed by atoms with E-state index in [4.69, 9.17) is 5.11 Å². The summed E-state index contributed by atoms with van der Waals surface area (Å²) >= 11 is 0. The van der Waals surface area contributed by atoms with E-state index in [1.807, 2.05) is 0 Å². The Kier molecular flexibility index (Phi) is 4.22. The summed E-state index contributed by atoms with van der Waals surface area (Å²) in [4.78, 5) is 29.0. The Balaban J connectivity index is 2.06. The van der Waals surface area contributed by atoms with Gasteiger partial charge in [0.25, 0.3) is 0 Å². The topological polar surface area (TPSA) is 82.5 Å². The molecule has 0 aromatic carbocycles. The number of carboxylic acid groups (broad SMARTS) is 1. The predicted molar refractivity (Wildman–Crippen MR) is 74.9 cm³/mol. The van der Waals surface area contributed by atoms with Crippen LogP contribution in [0.15, 0.2) is 12.1 Å². The third-order valence-corrected chi connectivity index (χ3v) is 3.74. The number of aryl methyl sites for hydroxylation is 1. The molecular formula is C14H19N3O3. The van der Waals surface area contributed by atoms with Crippen molar-refractivity contribution in [1.82, 2.24) is 10.3 Å². The van der Waals surface area contributed by atoms with Crippen molar-refractivity contribution >= 4 is 17.7 Å². The molecule has 0 bridgehead atoms. The molecule has 2 N–H and O–H groups in total. The number of pyridine rings is 1. The Morgan fingerprint density at radius 1 is 1.35 bits per heavy atom. The van der Waals surface area contributed by atoms with Gasteiger partial charge in [0.05, 0.1) is 11.3 Å². The summed E-state index contributed by atoms with van der Waals surface area (Å²) in [6.45, 7) is 3.22. The fraction of sp³-hybridized carbons (Fsp3) is 0.500. The van der Waals surface area contributed by atoms with Crippen LogP contribution in [-0.2, 0) is 4.79 Å². The van der Waals surface area contributed by atoms with Crippen LogP contribution in [0, 0.1) is 12.8 Å². The molecule has 1 saturated heterocycles. The standard InChI is InChI=1S/C14H19N3O3/c1-9-11(14(19)20)3-4-12(16-9)17-7-5-10(6-8-17)13(18)15-2/h3-4,10H,5-8H2,1-2H3,(H,15,18)(H,19,20). The monoisotopic (exact) mass is 277 g/mol. The Labute approximate surface area is 117 Å². The van der Waals surface area contributed by atoms with Crippen LogP contribution in [0.1, 0.15) is 28.9 Å². The smallest absolute Gasteiger partial charge is 0.337 e. The second kappa shape index (κ2) is 5.90. The first-order valence-corrected chi connectivity index (χ1v) is 6.70. The highest BCUT2D eigenvalue weighted by molar-refractivity contribution is 5.89. The van der Waals surface area contributed by atoms with Crippen molar-refractivity contribution in [3.05, 3.63) is 23.4 Å². The van der Waals surface area contributed by atoms with Gasteiger partial charge in [-0.25, -0.2) is 9.78 Å². The molecule has 108 valence electrons. The van der Waals surface area contributed by atoms with Crippen molar-refractivity contribution in [2.45, 2.75) is 19.8 Å². The van der Waals surface area contributed by atoms with Gasteiger partial charge < -0.3 is 15.3 Å². The molecule has 0 unspecified atom stereocenters. The molecule has 0 atom stereocenters. The normalized spacial score (nSPS) is 16.0. The summed E-state index contributed by atoms with van der Waals surface area (Å²) in [6.07, 6.45) is 1.59. The van der Waals surface area contributed by atoms with Gasteiger partial charge in [-0.05, 0) is 31.9 Å². The zero-order chi connectivity index (χ0) is 14.7. The van der Waals surface area contributed by atoms with Gasteiger partial charge in [0.15, 0.2) is 0 Å². The predicted octanol–water partition coefficient (Wildman–Crippen LogP) is 1.05. The first-order valence-electron chi connectivity index (χ1n) is 6.70. The highest BCUT2D eigenvalue weighted by Crippen LogP contribution is 2.23. The maximum Gasteiger partial charge on any atom is 0.337 e. The summed E-state index contributed by atoms with van der Waals surface area (Å²) in [7, 11) is 1.66.